The van der Waals surface area contributed by atoms with Gasteiger partial charge in [-0.25, -0.2) is 4.98 Å². The summed E-state index contributed by atoms with van der Waals surface area (Å²) in [5.41, 5.74) is 0. The highest BCUT2D eigenvalue weighted by Gasteiger charge is 2.24. The summed E-state index contributed by atoms with van der Waals surface area (Å²) in [5, 5.41) is 14.0. The van der Waals surface area contributed by atoms with Crippen LogP contribution in [0.15, 0.2) is 6.33 Å². The summed E-state index contributed by atoms with van der Waals surface area (Å²) in [6.45, 7) is 2.92. The summed E-state index contributed by atoms with van der Waals surface area (Å²) >= 11 is 0. The maximum atomic E-state index is 9.87. The van der Waals surface area contributed by atoms with Gasteiger partial charge in [0, 0.05) is 13.0 Å². The molecule has 4 heteroatoms. The lowest BCUT2D eigenvalue weighted by atomic mass is 9.84. The number of nitrogens with zero attached hydrogens (tertiary/aromatic N) is 3. The molecule has 0 spiro atoms. The van der Waals surface area contributed by atoms with Crippen molar-refractivity contribution in [2.45, 2.75) is 51.7 Å². The standard InChI is InChI=1S/C11H19N3O/c1-2-14-11(12-8-13-14)7-9-5-3-4-6-10(9)15/h8-10,15H,2-7H2,1H3. The van der Waals surface area contributed by atoms with Gasteiger partial charge < -0.3 is 5.11 Å². The minimum absolute atomic E-state index is 0.138. The Bertz CT molecular complexity index is 311. The summed E-state index contributed by atoms with van der Waals surface area (Å²) in [6, 6.07) is 0. The van der Waals surface area contributed by atoms with Gasteiger partial charge in [-0.2, -0.15) is 5.10 Å². The Morgan fingerprint density at radius 3 is 3.00 bits per heavy atom. The van der Waals surface area contributed by atoms with Gasteiger partial charge >= 0.3 is 0 Å². The highest BCUT2D eigenvalue weighted by atomic mass is 16.3. The zero-order chi connectivity index (χ0) is 10.7. The average Bonchev–Trinajstić information content (AvgIpc) is 2.69. The molecule has 84 valence electrons. The van der Waals surface area contributed by atoms with E-state index in [9.17, 15) is 5.11 Å². The van der Waals surface area contributed by atoms with Gasteiger partial charge in [-0.1, -0.05) is 12.8 Å². The first-order valence-corrected chi connectivity index (χ1v) is 5.86. The molecule has 1 fully saturated rings. The van der Waals surface area contributed by atoms with Crippen LogP contribution in [0, 0.1) is 5.92 Å². The molecule has 0 amide bonds. The van der Waals surface area contributed by atoms with Crippen LogP contribution in [-0.4, -0.2) is 26.0 Å². The van der Waals surface area contributed by atoms with Crippen LogP contribution in [0.4, 0.5) is 0 Å². The van der Waals surface area contributed by atoms with Crippen molar-refractivity contribution in [1.82, 2.24) is 14.8 Å². The molecule has 2 atom stereocenters. The molecule has 1 aliphatic carbocycles. The molecule has 1 aromatic rings. The van der Waals surface area contributed by atoms with E-state index in [1.54, 1.807) is 6.33 Å². The van der Waals surface area contributed by atoms with Crippen LogP contribution >= 0.6 is 0 Å². The maximum Gasteiger partial charge on any atom is 0.138 e. The molecule has 1 aliphatic rings. The Morgan fingerprint density at radius 1 is 1.47 bits per heavy atom. The van der Waals surface area contributed by atoms with E-state index >= 15 is 0 Å². The summed E-state index contributed by atoms with van der Waals surface area (Å²) in [4.78, 5) is 4.26. The molecule has 0 saturated heterocycles. The van der Waals surface area contributed by atoms with E-state index in [4.69, 9.17) is 0 Å². The minimum atomic E-state index is -0.138. The van der Waals surface area contributed by atoms with E-state index in [1.807, 2.05) is 4.68 Å². The summed E-state index contributed by atoms with van der Waals surface area (Å²) in [7, 11) is 0. The monoisotopic (exact) mass is 209 g/mol. The van der Waals surface area contributed by atoms with Crippen LogP contribution in [-0.2, 0) is 13.0 Å². The van der Waals surface area contributed by atoms with Gasteiger partial charge in [0.05, 0.1) is 6.10 Å². The average molecular weight is 209 g/mol. The predicted molar refractivity (Wildman–Crippen MR) is 57.4 cm³/mol. The Labute approximate surface area is 90.3 Å². The van der Waals surface area contributed by atoms with Gasteiger partial charge in [0.15, 0.2) is 0 Å². The van der Waals surface area contributed by atoms with Gasteiger partial charge in [0.1, 0.15) is 12.2 Å². The van der Waals surface area contributed by atoms with E-state index in [0.29, 0.717) is 5.92 Å². The molecule has 15 heavy (non-hydrogen) atoms. The van der Waals surface area contributed by atoms with E-state index < -0.39 is 0 Å². The highest BCUT2D eigenvalue weighted by Crippen LogP contribution is 2.26. The molecule has 2 unspecified atom stereocenters. The molecule has 0 bridgehead atoms. The smallest absolute Gasteiger partial charge is 0.138 e. The molecule has 0 aliphatic heterocycles. The third kappa shape index (κ3) is 2.37. The van der Waals surface area contributed by atoms with Crippen molar-refractivity contribution < 1.29 is 5.11 Å². The van der Waals surface area contributed by atoms with Crippen molar-refractivity contribution in [3.05, 3.63) is 12.2 Å². The second-order valence-electron chi connectivity index (χ2n) is 4.31. The molecule has 4 nitrogen and oxygen atoms in total. The first kappa shape index (κ1) is 10.6. The van der Waals surface area contributed by atoms with Gasteiger partial charge in [-0.3, -0.25) is 4.68 Å². The summed E-state index contributed by atoms with van der Waals surface area (Å²) < 4.78 is 1.92. The van der Waals surface area contributed by atoms with Crippen molar-refractivity contribution >= 4 is 0 Å². The van der Waals surface area contributed by atoms with Gasteiger partial charge in [0.2, 0.25) is 0 Å². The van der Waals surface area contributed by atoms with Crippen LogP contribution in [0.5, 0.6) is 0 Å². The molecule has 2 rings (SSSR count). The summed E-state index contributed by atoms with van der Waals surface area (Å²) in [6.07, 6.45) is 6.81. The van der Waals surface area contributed by atoms with Crippen LogP contribution in [0.25, 0.3) is 0 Å². The first-order valence-electron chi connectivity index (χ1n) is 5.86. The van der Waals surface area contributed by atoms with Gasteiger partial charge in [-0.05, 0) is 25.7 Å². The number of aliphatic hydroxyl groups excluding tert-OH is 1. The predicted octanol–water partition coefficient (Wildman–Crippen LogP) is 1.39. The zero-order valence-electron chi connectivity index (χ0n) is 9.26. The van der Waals surface area contributed by atoms with Crippen LogP contribution in [0.3, 0.4) is 0 Å². The number of hydrogen-bond donors (Lipinski definition) is 1. The number of hydrogen-bond acceptors (Lipinski definition) is 3. The van der Waals surface area contributed by atoms with Crippen LogP contribution in [0.2, 0.25) is 0 Å². The Kier molecular flexibility index (Phi) is 3.36. The summed E-state index contributed by atoms with van der Waals surface area (Å²) in [5.74, 6) is 1.40. The van der Waals surface area contributed by atoms with E-state index in [-0.39, 0.29) is 6.10 Å². The van der Waals surface area contributed by atoms with Gasteiger partial charge in [0.25, 0.3) is 0 Å². The van der Waals surface area contributed by atoms with E-state index in [0.717, 1.165) is 38.1 Å². The zero-order valence-corrected chi connectivity index (χ0v) is 9.26. The van der Waals surface area contributed by atoms with E-state index in [2.05, 4.69) is 17.0 Å². The quantitative estimate of drug-likeness (QED) is 0.818. The van der Waals surface area contributed by atoms with Crippen molar-refractivity contribution in [2.75, 3.05) is 0 Å². The lowest BCUT2D eigenvalue weighted by molar-refractivity contribution is 0.0684. The molecule has 1 saturated carbocycles. The van der Waals surface area contributed by atoms with E-state index in [1.165, 1.54) is 6.42 Å². The Hall–Kier alpha value is -0.900. The largest absolute Gasteiger partial charge is 0.393 e. The van der Waals surface area contributed by atoms with Crippen molar-refractivity contribution in [3.8, 4) is 0 Å². The fourth-order valence-electron chi connectivity index (χ4n) is 2.37. The number of rotatable bonds is 3. The highest BCUT2D eigenvalue weighted by molar-refractivity contribution is 4.90. The normalized spacial score (nSPS) is 26.8. The topological polar surface area (TPSA) is 50.9 Å². The molecule has 1 aromatic heterocycles. The minimum Gasteiger partial charge on any atom is -0.393 e. The fourth-order valence-corrected chi connectivity index (χ4v) is 2.37. The SMILES string of the molecule is CCn1ncnc1CC1CCCCC1O. The third-order valence-electron chi connectivity index (χ3n) is 3.31. The number of aromatic nitrogens is 3. The van der Waals surface area contributed by atoms with Crippen molar-refractivity contribution in [1.29, 1.82) is 0 Å². The van der Waals surface area contributed by atoms with Crippen molar-refractivity contribution in [3.63, 3.8) is 0 Å². The lowest BCUT2D eigenvalue weighted by Crippen LogP contribution is -2.27. The molecule has 0 radical (unpaired) electrons. The number of aryl methyl sites for hydroxylation is 1. The van der Waals surface area contributed by atoms with Crippen LogP contribution in [0.1, 0.15) is 38.4 Å². The van der Waals surface area contributed by atoms with Crippen molar-refractivity contribution in [2.24, 2.45) is 5.92 Å². The number of aliphatic hydroxyl groups is 1. The molecular formula is C11H19N3O. The molecular weight excluding hydrogens is 190 g/mol. The molecule has 1 N–H and O–H groups in total. The second kappa shape index (κ2) is 4.75. The second-order valence-corrected chi connectivity index (χ2v) is 4.31. The fraction of sp³-hybridized carbons (Fsp3) is 0.818. The maximum absolute atomic E-state index is 9.87. The third-order valence-corrected chi connectivity index (χ3v) is 3.31. The molecule has 1 heterocycles. The van der Waals surface area contributed by atoms with Crippen LogP contribution < -0.4 is 0 Å². The van der Waals surface area contributed by atoms with Gasteiger partial charge in [-0.15, -0.1) is 0 Å². The lowest BCUT2D eigenvalue weighted by Gasteiger charge is -2.27. The Morgan fingerprint density at radius 2 is 2.27 bits per heavy atom. The Balaban J connectivity index is 2.01. The molecule has 0 aromatic carbocycles. The first-order chi connectivity index (χ1) is 7.31.